The number of benzene rings is 1. The molecule has 0 aliphatic heterocycles. The Balaban J connectivity index is 3.08. The van der Waals surface area contributed by atoms with Gasteiger partial charge in [0.2, 0.25) is 0 Å². The van der Waals surface area contributed by atoms with Crippen LogP contribution in [0.15, 0.2) is 18.2 Å². The van der Waals surface area contributed by atoms with E-state index in [1.165, 1.54) is 19.2 Å². The monoisotopic (exact) mass is 339 g/mol. The average Bonchev–Trinajstić information content (AvgIpc) is 2.36. The van der Waals surface area contributed by atoms with E-state index in [9.17, 15) is 18.0 Å². The number of halogens is 4. The molecular formula is C12H13BrF3NO2. The molecule has 0 bridgehead atoms. The van der Waals surface area contributed by atoms with Crippen LogP contribution < -0.4 is 4.74 Å². The van der Waals surface area contributed by atoms with Crippen LogP contribution in [-0.4, -0.2) is 42.8 Å². The first-order valence-electron chi connectivity index (χ1n) is 5.47. The van der Waals surface area contributed by atoms with Crippen molar-refractivity contribution in [1.29, 1.82) is 0 Å². The Morgan fingerprint density at radius 1 is 1.47 bits per heavy atom. The van der Waals surface area contributed by atoms with Gasteiger partial charge in [-0.1, -0.05) is 22.0 Å². The summed E-state index contributed by atoms with van der Waals surface area (Å²) < 4.78 is 43.5. The van der Waals surface area contributed by atoms with E-state index in [-0.39, 0.29) is 17.9 Å². The molecule has 0 aliphatic rings. The summed E-state index contributed by atoms with van der Waals surface area (Å²) in [5, 5.41) is 0.322. The number of ether oxygens (including phenoxy) is 1. The Bertz CT molecular complexity index is 443. The third-order valence-corrected chi connectivity index (χ3v) is 2.76. The van der Waals surface area contributed by atoms with E-state index in [1.807, 2.05) is 0 Å². The van der Waals surface area contributed by atoms with Gasteiger partial charge in [0.15, 0.2) is 0 Å². The fourth-order valence-corrected chi connectivity index (χ4v) is 2.01. The van der Waals surface area contributed by atoms with E-state index >= 15 is 0 Å². The number of carbonyl (C=O) groups is 1. The lowest BCUT2D eigenvalue weighted by Gasteiger charge is -2.22. The molecule has 0 saturated carbocycles. The lowest BCUT2D eigenvalue weighted by atomic mass is 10.1. The number of methoxy groups -OCH3 is 1. The summed E-state index contributed by atoms with van der Waals surface area (Å²) in [7, 11) is 1.29. The summed E-state index contributed by atoms with van der Waals surface area (Å²) in [6.45, 7) is -0.692. The molecule has 0 aromatic heterocycles. The summed E-state index contributed by atoms with van der Waals surface area (Å²) in [6, 6.07) is 3.88. The largest absolute Gasteiger partial charge is 0.496 e. The molecule has 0 unspecified atom stereocenters. The quantitative estimate of drug-likeness (QED) is 0.746. The van der Waals surface area contributed by atoms with Crippen LogP contribution in [0.25, 0.3) is 0 Å². The highest BCUT2D eigenvalue weighted by molar-refractivity contribution is 9.09. The second-order valence-electron chi connectivity index (χ2n) is 3.65. The zero-order valence-electron chi connectivity index (χ0n) is 10.2. The van der Waals surface area contributed by atoms with Gasteiger partial charge in [-0.15, -0.1) is 0 Å². The van der Waals surface area contributed by atoms with E-state index in [2.05, 4.69) is 15.9 Å². The highest BCUT2D eigenvalue weighted by Crippen LogP contribution is 2.23. The maximum atomic E-state index is 13.7. The third-order valence-electron chi connectivity index (χ3n) is 2.41. The van der Waals surface area contributed by atoms with Crippen molar-refractivity contribution in [2.24, 2.45) is 0 Å². The first-order valence-corrected chi connectivity index (χ1v) is 6.59. The Hall–Kier alpha value is -1.24. The molecule has 3 nitrogen and oxygen atoms in total. The van der Waals surface area contributed by atoms with E-state index in [1.54, 1.807) is 0 Å². The van der Waals surface area contributed by atoms with E-state index in [0.717, 1.165) is 11.0 Å². The second-order valence-corrected chi connectivity index (χ2v) is 4.44. The average molecular weight is 340 g/mol. The fraction of sp³-hybridized carbons (Fsp3) is 0.417. The van der Waals surface area contributed by atoms with Crippen LogP contribution >= 0.6 is 15.9 Å². The van der Waals surface area contributed by atoms with Gasteiger partial charge >= 0.3 is 0 Å². The number of amides is 1. The molecule has 1 rings (SSSR count). The second kappa shape index (κ2) is 7.37. The third kappa shape index (κ3) is 4.12. The van der Waals surface area contributed by atoms with Crippen LogP contribution in [0.1, 0.15) is 10.4 Å². The molecule has 0 fully saturated rings. The smallest absolute Gasteiger partial charge is 0.260 e. The first kappa shape index (κ1) is 15.8. The van der Waals surface area contributed by atoms with Gasteiger partial charge < -0.3 is 9.64 Å². The summed E-state index contributed by atoms with van der Waals surface area (Å²) in [4.78, 5) is 13.0. The van der Waals surface area contributed by atoms with Crippen LogP contribution in [0.4, 0.5) is 13.2 Å². The summed E-state index contributed by atoms with van der Waals surface area (Å²) in [5.74, 6) is -1.58. The summed E-state index contributed by atoms with van der Waals surface area (Å²) in [5.41, 5.74) is -0.327. The number of nitrogens with zero attached hydrogens (tertiary/aromatic N) is 1. The number of rotatable bonds is 6. The zero-order valence-corrected chi connectivity index (χ0v) is 11.8. The van der Waals surface area contributed by atoms with Crippen molar-refractivity contribution in [3.8, 4) is 5.75 Å². The molecule has 0 aliphatic carbocycles. The molecule has 0 atom stereocenters. The van der Waals surface area contributed by atoms with Crippen molar-refractivity contribution < 1.29 is 22.7 Å². The van der Waals surface area contributed by atoms with Gasteiger partial charge in [0.05, 0.1) is 13.7 Å². The van der Waals surface area contributed by atoms with Gasteiger partial charge in [-0.2, -0.15) is 0 Å². The van der Waals surface area contributed by atoms with Gasteiger partial charge in [-0.05, 0) is 12.1 Å². The Morgan fingerprint density at radius 2 is 2.16 bits per heavy atom. The van der Waals surface area contributed by atoms with Crippen LogP contribution in [0, 0.1) is 5.82 Å². The molecule has 0 saturated heterocycles. The van der Waals surface area contributed by atoms with Crippen LogP contribution in [0.5, 0.6) is 5.75 Å². The number of carbonyl (C=O) groups excluding carboxylic acids is 1. The maximum absolute atomic E-state index is 13.7. The number of hydrogen-bond acceptors (Lipinski definition) is 2. The van der Waals surface area contributed by atoms with Gasteiger partial charge in [-0.25, -0.2) is 13.2 Å². The first-order chi connectivity index (χ1) is 9.01. The Labute approximate surface area is 117 Å². The predicted molar refractivity (Wildman–Crippen MR) is 68.7 cm³/mol. The van der Waals surface area contributed by atoms with E-state index in [0.29, 0.717) is 5.33 Å². The van der Waals surface area contributed by atoms with Crippen molar-refractivity contribution >= 4 is 21.8 Å². The van der Waals surface area contributed by atoms with Crippen LogP contribution in [0.3, 0.4) is 0 Å². The van der Waals surface area contributed by atoms with E-state index < -0.39 is 24.7 Å². The molecule has 1 aromatic rings. The van der Waals surface area contributed by atoms with E-state index in [4.69, 9.17) is 4.74 Å². The topological polar surface area (TPSA) is 29.5 Å². The molecule has 0 heterocycles. The molecule has 0 N–H and O–H groups in total. The normalized spacial score (nSPS) is 10.6. The van der Waals surface area contributed by atoms with Crippen LogP contribution in [0.2, 0.25) is 0 Å². The van der Waals surface area contributed by atoms with Crippen LogP contribution in [-0.2, 0) is 0 Å². The van der Waals surface area contributed by atoms with Crippen molar-refractivity contribution in [2.75, 3.05) is 25.5 Å². The molecular weight excluding hydrogens is 327 g/mol. The number of hydrogen-bond donors (Lipinski definition) is 0. The lowest BCUT2D eigenvalue weighted by Crippen LogP contribution is -2.37. The molecule has 1 aromatic carbocycles. The maximum Gasteiger partial charge on any atom is 0.260 e. The standard InChI is InChI=1S/C12H13BrF3NO2/c1-19-9-4-2-3-8(14)11(9)12(18)17(6-5-13)7-10(15)16/h2-4,10H,5-7H2,1H3. The SMILES string of the molecule is COc1cccc(F)c1C(=O)N(CCBr)CC(F)F. The minimum Gasteiger partial charge on any atom is -0.496 e. The molecule has 7 heteroatoms. The molecule has 106 valence electrons. The van der Waals surface area contributed by atoms with Gasteiger partial charge in [-0.3, -0.25) is 4.79 Å². The minimum absolute atomic E-state index is 0.0267. The van der Waals surface area contributed by atoms with Crippen molar-refractivity contribution in [1.82, 2.24) is 4.90 Å². The van der Waals surface area contributed by atoms with Gasteiger partial charge in [0.1, 0.15) is 17.1 Å². The number of alkyl halides is 3. The summed E-state index contributed by atoms with van der Waals surface area (Å²) in [6.07, 6.45) is -2.68. The van der Waals surface area contributed by atoms with Gasteiger partial charge in [0.25, 0.3) is 12.3 Å². The Morgan fingerprint density at radius 3 is 2.68 bits per heavy atom. The van der Waals surface area contributed by atoms with Gasteiger partial charge in [0, 0.05) is 11.9 Å². The predicted octanol–water partition coefficient (Wildman–Crippen LogP) is 2.94. The lowest BCUT2D eigenvalue weighted by molar-refractivity contribution is 0.0565. The highest BCUT2D eigenvalue weighted by atomic mass is 79.9. The molecule has 0 spiro atoms. The van der Waals surface area contributed by atoms with Crippen molar-refractivity contribution in [3.05, 3.63) is 29.6 Å². The molecule has 0 radical (unpaired) electrons. The zero-order chi connectivity index (χ0) is 14.4. The highest BCUT2D eigenvalue weighted by Gasteiger charge is 2.25. The minimum atomic E-state index is -2.68. The fourth-order valence-electron chi connectivity index (χ4n) is 1.58. The molecule has 19 heavy (non-hydrogen) atoms. The Kier molecular flexibility index (Phi) is 6.14. The molecule has 1 amide bonds. The van der Waals surface area contributed by atoms with Crippen molar-refractivity contribution in [3.63, 3.8) is 0 Å². The summed E-state index contributed by atoms with van der Waals surface area (Å²) >= 11 is 3.07. The van der Waals surface area contributed by atoms with Crippen molar-refractivity contribution in [2.45, 2.75) is 6.43 Å².